The second kappa shape index (κ2) is 8.87. The topological polar surface area (TPSA) is 170 Å². The molecule has 0 spiro atoms. The molecule has 0 saturated heterocycles. The zero-order valence-electron chi connectivity index (χ0n) is 12.5. The molecule has 3 N–H and O–H groups in total. The minimum atomic E-state index is -4.56. The molecule has 0 aliphatic rings. The number of carbonyl (C=O) groups is 2. The highest BCUT2D eigenvalue weighted by Gasteiger charge is 2.15. The van der Waals surface area contributed by atoms with Crippen LogP contribution in [0, 0.1) is 0 Å². The number of nitrogens with zero attached hydrogens (tertiary/aromatic N) is 3. The van der Waals surface area contributed by atoms with Gasteiger partial charge in [0.2, 0.25) is 0 Å². The summed E-state index contributed by atoms with van der Waals surface area (Å²) in [4.78, 5) is 24.3. The van der Waals surface area contributed by atoms with E-state index in [1.807, 2.05) is 0 Å². The van der Waals surface area contributed by atoms with Crippen LogP contribution in [0.15, 0.2) is 28.2 Å². The Kier molecular flexibility index (Phi) is 7.18. The van der Waals surface area contributed by atoms with E-state index >= 15 is 0 Å². The molecule has 1 amide bonds. The van der Waals surface area contributed by atoms with Crippen molar-refractivity contribution in [2.24, 2.45) is 5.11 Å². The van der Waals surface area contributed by atoms with E-state index in [-0.39, 0.29) is 24.2 Å². The van der Waals surface area contributed by atoms with Crippen molar-refractivity contribution in [3.63, 3.8) is 0 Å². The Morgan fingerprint density at radius 1 is 1.21 bits per heavy atom. The fraction of sp³-hybridized carbons (Fsp3) is 0.385. The molecule has 1 rings (SSSR count). The highest BCUT2D eigenvalue weighted by Crippen LogP contribution is 2.21. The van der Waals surface area contributed by atoms with Crippen LogP contribution in [-0.4, -0.2) is 36.5 Å². The molecule has 0 heterocycles. The lowest BCUT2D eigenvalue weighted by Crippen LogP contribution is -2.24. The average molecular weight is 356 g/mol. The van der Waals surface area contributed by atoms with Gasteiger partial charge in [-0.05, 0) is 36.6 Å². The maximum absolute atomic E-state index is 12.0. The molecule has 0 radical (unpaired) electrons. The van der Waals surface area contributed by atoms with Crippen LogP contribution in [0.25, 0.3) is 10.4 Å². The van der Waals surface area contributed by atoms with Crippen molar-refractivity contribution in [1.29, 1.82) is 0 Å². The van der Waals surface area contributed by atoms with Gasteiger partial charge in [0, 0.05) is 29.1 Å². The minimum Gasteiger partial charge on any atom is -0.481 e. The molecular weight excluding hydrogens is 340 g/mol. The van der Waals surface area contributed by atoms with Gasteiger partial charge in [0.05, 0.1) is 4.90 Å². The summed E-state index contributed by atoms with van der Waals surface area (Å²) < 4.78 is 31.4. The zero-order valence-corrected chi connectivity index (χ0v) is 13.4. The van der Waals surface area contributed by atoms with E-state index < -0.39 is 26.9 Å². The van der Waals surface area contributed by atoms with E-state index in [1.165, 1.54) is 6.07 Å². The van der Waals surface area contributed by atoms with E-state index in [9.17, 15) is 18.0 Å². The van der Waals surface area contributed by atoms with E-state index in [4.69, 9.17) is 15.2 Å². The molecule has 0 bridgehead atoms. The van der Waals surface area contributed by atoms with Crippen LogP contribution in [-0.2, 0) is 14.9 Å². The number of amides is 1. The van der Waals surface area contributed by atoms with Gasteiger partial charge in [-0.15, -0.1) is 0 Å². The predicted octanol–water partition coefficient (Wildman–Crippen LogP) is 2.25. The average Bonchev–Trinajstić information content (AvgIpc) is 2.49. The number of hydrogen-bond donors (Lipinski definition) is 3. The Labute approximate surface area is 137 Å². The van der Waals surface area contributed by atoms with Crippen molar-refractivity contribution < 1.29 is 27.7 Å². The standard InChI is InChI=1S/C13H16N4O6S/c14-17-16-10-6-9(7-11(8-10)24(21,22)23)13(20)15-5-3-1-2-4-12(18)19/h6-8H,1-5H2,(H,15,20)(H,18,19)(H,21,22,23). The number of nitrogens with one attached hydrogen (secondary N) is 1. The maximum Gasteiger partial charge on any atom is 0.303 e. The van der Waals surface area contributed by atoms with Gasteiger partial charge in [-0.3, -0.25) is 14.1 Å². The normalized spacial score (nSPS) is 10.7. The second-order valence-electron chi connectivity index (χ2n) is 4.84. The number of rotatable bonds is 9. The molecule has 0 aliphatic carbocycles. The van der Waals surface area contributed by atoms with Gasteiger partial charge in [0.1, 0.15) is 0 Å². The highest BCUT2D eigenvalue weighted by atomic mass is 32.2. The molecule has 11 heteroatoms. The van der Waals surface area contributed by atoms with Crippen LogP contribution in [0.1, 0.15) is 36.0 Å². The molecule has 10 nitrogen and oxygen atoms in total. The SMILES string of the molecule is [N-]=[N+]=Nc1cc(C(=O)NCCCCCC(=O)O)cc(S(=O)(=O)O)c1. The number of carboxylic acids is 1. The van der Waals surface area contributed by atoms with Crippen molar-refractivity contribution in [2.45, 2.75) is 30.6 Å². The predicted molar refractivity (Wildman–Crippen MR) is 83.5 cm³/mol. The van der Waals surface area contributed by atoms with Crippen LogP contribution in [0.2, 0.25) is 0 Å². The molecule has 1 aromatic rings. The maximum atomic E-state index is 12.0. The summed E-state index contributed by atoms with van der Waals surface area (Å²) in [5.74, 6) is -1.49. The molecule has 0 unspecified atom stereocenters. The van der Waals surface area contributed by atoms with Crippen LogP contribution in [0.4, 0.5) is 5.69 Å². The number of azide groups is 1. The summed E-state index contributed by atoms with van der Waals surface area (Å²) in [5, 5.41) is 14.3. The molecule has 24 heavy (non-hydrogen) atoms. The van der Waals surface area contributed by atoms with Crippen LogP contribution in [0.3, 0.4) is 0 Å². The lowest BCUT2D eigenvalue weighted by atomic mass is 10.1. The van der Waals surface area contributed by atoms with Gasteiger partial charge in [0.25, 0.3) is 16.0 Å². The fourth-order valence-corrected chi connectivity index (χ4v) is 2.40. The molecular formula is C13H16N4O6S. The molecule has 130 valence electrons. The number of unbranched alkanes of at least 4 members (excludes halogenated alkanes) is 2. The van der Waals surface area contributed by atoms with E-state index in [0.717, 1.165) is 12.1 Å². The van der Waals surface area contributed by atoms with Crippen molar-refractivity contribution in [2.75, 3.05) is 6.54 Å². The molecule has 0 saturated carbocycles. The first-order chi connectivity index (χ1) is 11.2. The second-order valence-corrected chi connectivity index (χ2v) is 6.26. The number of hydrogen-bond acceptors (Lipinski definition) is 5. The first-order valence-electron chi connectivity index (χ1n) is 6.91. The first-order valence-corrected chi connectivity index (χ1v) is 8.35. The summed E-state index contributed by atoms with van der Waals surface area (Å²) >= 11 is 0. The van der Waals surface area contributed by atoms with Crippen molar-refractivity contribution >= 4 is 27.7 Å². The van der Waals surface area contributed by atoms with Crippen molar-refractivity contribution in [1.82, 2.24) is 5.32 Å². The van der Waals surface area contributed by atoms with E-state index in [0.29, 0.717) is 19.3 Å². The highest BCUT2D eigenvalue weighted by molar-refractivity contribution is 7.85. The monoisotopic (exact) mass is 356 g/mol. The number of carbonyl (C=O) groups excluding carboxylic acids is 1. The Bertz CT molecular complexity index is 771. The third-order valence-corrected chi connectivity index (χ3v) is 3.80. The Hall–Kier alpha value is -2.62. The van der Waals surface area contributed by atoms with Gasteiger partial charge in [0.15, 0.2) is 0 Å². The van der Waals surface area contributed by atoms with Crippen LogP contribution in [0.5, 0.6) is 0 Å². The molecule has 0 aromatic heterocycles. The van der Waals surface area contributed by atoms with Gasteiger partial charge in [-0.25, -0.2) is 0 Å². The van der Waals surface area contributed by atoms with E-state index in [1.54, 1.807) is 0 Å². The first kappa shape index (κ1) is 19.4. The quantitative estimate of drug-likeness (QED) is 0.201. The third-order valence-electron chi connectivity index (χ3n) is 2.96. The molecule has 0 atom stereocenters. The Morgan fingerprint density at radius 3 is 2.50 bits per heavy atom. The molecule has 0 fully saturated rings. The van der Waals surface area contributed by atoms with Gasteiger partial charge in [-0.1, -0.05) is 11.5 Å². The lowest BCUT2D eigenvalue weighted by Gasteiger charge is -2.07. The minimum absolute atomic E-state index is 0.0554. The van der Waals surface area contributed by atoms with Gasteiger partial charge in [-0.2, -0.15) is 8.42 Å². The summed E-state index contributed by atoms with van der Waals surface area (Å²) in [5.41, 5.74) is 8.20. The number of carboxylic acid groups (broad SMARTS) is 1. The number of aliphatic carboxylic acids is 1. The van der Waals surface area contributed by atoms with Gasteiger partial charge >= 0.3 is 5.97 Å². The Morgan fingerprint density at radius 2 is 1.92 bits per heavy atom. The molecule has 0 aliphatic heterocycles. The number of benzene rings is 1. The van der Waals surface area contributed by atoms with Gasteiger partial charge < -0.3 is 10.4 Å². The van der Waals surface area contributed by atoms with E-state index in [2.05, 4.69) is 15.3 Å². The summed E-state index contributed by atoms with van der Waals surface area (Å²) in [7, 11) is -4.56. The van der Waals surface area contributed by atoms with Crippen LogP contribution >= 0.6 is 0 Å². The summed E-state index contributed by atoms with van der Waals surface area (Å²) in [6.45, 7) is 0.269. The summed E-state index contributed by atoms with van der Waals surface area (Å²) in [6, 6.07) is 3.09. The van der Waals surface area contributed by atoms with Crippen molar-refractivity contribution in [3.8, 4) is 0 Å². The fourth-order valence-electron chi connectivity index (χ4n) is 1.85. The zero-order chi connectivity index (χ0) is 18.2. The third kappa shape index (κ3) is 6.65. The largest absolute Gasteiger partial charge is 0.481 e. The molecule has 1 aromatic carbocycles. The summed E-state index contributed by atoms with van der Waals surface area (Å²) in [6.07, 6.45) is 1.71. The smallest absolute Gasteiger partial charge is 0.303 e. The van der Waals surface area contributed by atoms with Crippen LogP contribution < -0.4 is 5.32 Å². The van der Waals surface area contributed by atoms with Crippen molar-refractivity contribution in [3.05, 3.63) is 34.2 Å². The lowest BCUT2D eigenvalue weighted by molar-refractivity contribution is -0.137. The Balaban J connectivity index is 2.74.